The van der Waals surface area contributed by atoms with E-state index in [1.807, 2.05) is 0 Å². The Bertz CT molecular complexity index is 369. The third-order valence-corrected chi connectivity index (χ3v) is 3.64. The highest BCUT2D eigenvalue weighted by Gasteiger charge is 2.29. The molecule has 1 heterocycles. The maximum absolute atomic E-state index is 5.57. The van der Waals surface area contributed by atoms with Crippen molar-refractivity contribution in [2.75, 3.05) is 6.61 Å². The van der Waals surface area contributed by atoms with Crippen molar-refractivity contribution in [1.82, 2.24) is 15.1 Å². The molecular formula is C14H25N3O. The minimum absolute atomic E-state index is 0.481. The molecular weight excluding hydrogens is 226 g/mol. The van der Waals surface area contributed by atoms with Crippen molar-refractivity contribution >= 4 is 0 Å². The van der Waals surface area contributed by atoms with Crippen LogP contribution in [0.25, 0.3) is 0 Å². The summed E-state index contributed by atoms with van der Waals surface area (Å²) < 4.78 is 7.67. The Kier molecular flexibility index (Phi) is 4.78. The van der Waals surface area contributed by atoms with Crippen LogP contribution >= 0.6 is 0 Å². The molecule has 102 valence electrons. The van der Waals surface area contributed by atoms with E-state index in [1.54, 1.807) is 0 Å². The van der Waals surface area contributed by atoms with Gasteiger partial charge in [-0.05, 0) is 39.2 Å². The van der Waals surface area contributed by atoms with Gasteiger partial charge in [0.1, 0.15) is 0 Å². The van der Waals surface area contributed by atoms with Gasteiger partial charge >= 0.3 is 0 Å². The van der Waals surface area contributed by atoms with Gasteiger partial charge in [-0.3, -0.25) is 4.68 Å². The molecule has 1 aromatic rings. The van der Waals surface area contributed by atoms with Crippen LogP contribution in [0, 0.1) is 0 Å². The molecule has 1 aromatic heterocycles. The van der Waals surface area contributed by atoms with Crippen LogP contribution in [0.5, 0.6) is 0 Å². The first kappa shape index (κ1) is 13.6. The molecule has 1 aliphatic carbocycles. The topological polar surface area (TPSA) is 39.1 Å². The lowest BCUT2D eigenvalue weighted by atomic mass is 9.89. The van der Waals surface area contributed by atoms with Crippen LogP contribution in [0.2, 0.25) is 0 Å². The molecule has 0 saturated heterocycles. The van der Waals surface area contributed by atoms with Crippen molar-refractivity contribution in [2.45, 2.75) is 65.3 Å². The van der Waals surface area contributed by atoms with Crippen molar-refractivity contribution in [3.63, 3.8) is 0 Å². The Balaban J connectivity index is 1.78. The van der Waals surface area contributed by atoms with E-state index in [2.05, 4.69) is 41.9 Å². The van der Waals surface area contributed by atoms with Crippen LogP contribution in [0.1, 0.15) is 45.0 Å². The van der Waals surface area contributed by atoms with E-state index in [1.165, 1.54) is 11.4 Å². The first-order valence-electron chi connectivity index (χ1n) is 7.17. The highest BCUT2D eigenvalue weighted by Crippen LogP contribution is 2.23. The summed E-state index contributed by atoms with van der Waals surface area (Å²) >= 11 is 0. The van der Waals surface area contributed by atoms with Crippen LogP contribution in [0.15, 0.2) is 6.07 Å². The normalized spacial score (nSPS) is 23.1. The van der Waals surface area contributed by atoms with Crippen LogP contribution in [-0.2, 0) is 24.2 Å². The molecule has 2 rings (SSSR count). The van der Waals surface area contributed by atoms with E-state index in [9.17, 15) is 0 Å². The molecule has 0 aliphatic heterocycles. The Morgan fingerprint density at radius 2 is 2.17 bits per heavy atom. The van der Waals surface area contributed by atoms with Gasteiger partial charge in [0.25, 0.3) is 0 Å². The molecule has 0 spiro atoms. The molecule has 1 fully saturated rings. The van der Waals surface area contributed by atoms with Gasteiger partial charge in [-0.2, -0.15) is 5.10 Å². The predicted molar refractivity (Wildman–Crippen MR) is 72.6 cm³/mol. The summed E-state index contributed by atoms with van der Waals surface area (Å²) in [4.78, 5) is 0. The fourth-order valence-corrected chi connectivity index (χ4v) is 2.46. The smallest absolute Gasteiger partial charge is 0.0625 e. The number of nitrogens with one attached hydrogen (secondary N) is 1. The molecule has 0 unspecified atom stereocenters. The van der Waals surface area contributed by atoms with Gasteiger partial charge in [0.2, 0.25) is 0 Å². The number of ether oxygens (including phenoxy) is 1. The lowest BCUT2D eigenvalue weighted by Crippen LogP contribution is -2.45. The largest absolute Gasteiger partial charge is 0.378 e. The summed E-state index contributed by atoms with van der Waals surface area (Å²) in [6.07, 6.45) is 3.79. The summed E-state index contributed by atoms with van der Waals surface area (Å²) in [5.41, 5.74) is 2.49. The number of rotatable bonds is 7. The maximum Gasteiger partial charge on any atom is 0.0625 e. The zero-order chi connectivity index (χ0) is 13.0. The van der Waals surface area contributed by atoms with Gasteiger partial charge in [-0.25, -0.2) is 0 Å². The predicted octanol–water partition coefficient (Wildman–Crippen LogP) is 2.12. The zero-order valence-electron chi connectivity index (χ0n) is 11.8. The van der Waals surface area contributed by atoms with Crippen LogP contribution in [0.4, 0.5) is 0 Å². The molecule has 1 aliphatic rings. The maximum atomic E-state index is 5.57. The van der Waals surface area contributed by atoms with E-state index in [0.29, 0.717) is 12.1 Å². The second-order valence-corrected chi connectivity index (χ2v) is 4.92. The molecule has 4 heteroatoms. The van der Waals surface area contributed by atoms with Crippen molar-refractivity contribution < 1.29 is 4.74 Å². The van der Waals surface area contributed by atoms with Crippen molar-refractivity contribution in [3.8, 4) is 0 Å². The van der Waals surface area contributed by atoms with Crippen molar-refractivity contribution in [1.29, 1.82) is 0 Å². The van der Waals surface area contributed by atoms with E-state index in [-0.39, 0.29) is 0 Å². The van der Waals surface area contributed by atoms with Gasteiger partial charge in [-0.1, -0.05) is 6.92 Å². The van der Waals surface area contributed by atoms with E-state index in [0.717, 1.165) is 39.0 Å². The third kappa shape index (κ3) is 3.12. The number of aromatic nitrogens is 2. The molecule has 1 saturated carbocycles. The van der Waals surface area contributed by atoms with Crippen molar-refractivity contribution in [3.05, 3.63) is 17.5 Å². The third-order valence-electron chi connectivity index (χ3n) is 3.64. The first-order valence-corrected chi connectivity index (χ1v) is 7.17. The summed E-state index contributed by atoms with van der Waals surface area (Å²) in [5, 5.41) is 8.16. The van der Waals surface area contributed by atoms with E-state index in [4.69, 9.17) is 4.74 Å². The van der Waals surface area contributed by atoms with Gasteiger partial charge < -0.3 is 10.1 Å². The number of hydrogen-bond acceptors (Lipinski definition) is 3. The Hall–Kier alpha value is -0.870. The van der Waals surface area contributed by atoms with E-state index >= 15 is 0 Å². The monoisotopic (exact) mass is 251 g/mol. The molecule has 0 radical (unpaired) electrons. The van der Waals surface area contributed by atoms with Gasteiger partial charge in [0.15, 0.2) is 0 Å². The average Bonchev–Trinajstić information content (AvgIpc) is 2.74. The summed E-state index contributed by atoms with van der Waals surface area (Å²) in [6, 6.07) is 2.83. The quantitative estimate of drug-likeness (QED) is 0.807. The lowest BCUT2D eigenvalue weighted by Gasteiger charge is -2.35. The number of aryl methyl sites for hydroxylation is 2. The summed E-state index contributed by atoms with van der Waals surface area (Å²) in [6.45, 7) is 9.06. The second-order valence-electron chi connectivity index (χ2n) is 4.92. The SMILES string of the molecule is CCOC1CC(NCc2cc(CC)nn2CC)C1. The Morgan fingerprint density at radius 1 is 1.39 bits per heavy atom. The fourth-order valence-electron chi connectivity index (χ4n) is 2.46. The summed E-state index contributed by atoms with van der Waals surface area (Å²) in [7, 11) is 0. The highest BCUT2D eigenvalue weighted by molar-refractivity contribution is 5.10. The minimum Gasteiger partial charge on any atom is -0.378 e. The first-order chi connectivity index (χ1) is 8.76. The molecule has 0 amide bonds. The second kappa shape index (κ2) is 6.34. The van der Waals surface area contributed by atoms with E-state index < -0.39 is 0 Å². The Morgan fingerprint density at radius 3 is 2.78 bits per heavy atom. The van der Waals surface area contributed by atoms with Crippen LogP contribution < -0.4 is 5.32 Å². The van der Waals surface area contributed by atoms with Gasteiger partial charge in [0, 0.05) is 25.7 Å². The average molecular weight is 251 g/mol. The highest BCUT2D eigenvalue weighted by atomic mass is 16.5. The lowest BCUT2D eigenvalue weighted by molar-refractivity contribution is -0.0103. The molecule has 18 heavy (non-hydrogen) atoms. The van der Waals surface area contributed by atoms with Gasteiger partial charge in [-0.15, -0.1) is 0 Å². The van der Waals surface area contributed by atoms with Gasteiger partial charge in [0.05, 0.1) is 17.5 Å². The zero-order valence-corrected chi connectivity index (χ0v) is 11.8. The minimum atomic E-state index is 0.481. The number of nitrogens with zero attached hydrogens (tertiary/aromatic N) is 2. The fraction of sp³-hybridized carbons (Fsp3) is 0.786. The van der Waals surface area contributed by atoms with Crippen LogP contribution in [0.3, 0.4) is 0 Å². The number of hydrogen-bond donors (Lipinski definition) is 1. The standard InChI is InChI=1S/C14H25N3O/c1-4-11-7-13(17(5-2)16-11)10-15-12-8-14(9-12)18-6-3/h7,12,14-15H,4-6,8-10H2,1-3H3. The van der Waals surface area contributed by atoms with Crippen LogP contribution in [-0.4, -0.2) is 28.5 Å². The summed E-state index contributed by atoms with van der Waals surface area (Å²) in [5.74, 6) is 0. The van der Waals surface area contributed by atoms with Crippen molar-refractivity contribution in [2.24, 2.45) is 0 Å². The molecule has 0 atom stereocenters. The Labute approximate surface area is 110 Å². The molecule has 4 nitrogen and oxygen atoms in total. The molecule has 1 N–H and O–H groups in total. The molecule has 0 bridgehead atoms. The molecule has 0 aromatic carbocycles.